The fraction of sp³-hybridized carbons (Fsp3) is 0.455. The van der Waals surface area contributed by atoms with Crippen molar-refractivity contribution in [2.45, 2.75) is 23.8 Å². The van der Waals surface area contributed by atoms with Crippen LogP contribution in [-0.4, -0.2) is 27.5 Å². The number of halogens is 3. The van der Waals surface area contributed by atoms with Crippen molar-refractivity contribution in [3.8, 4) is 0 Å². The molecule has 8 heteroatoms. The zero-order valence-corrected chi connectivity index (χ0v) is 13.2. The van der Waals surface area contributed by atoms with Gasteiger partial charge >= 0.3 is 0 Å². The molecule has 1 aromatic carbocycles. The summed E-state index contributed by atoms with van der Waals surface area (Å²) >= 11 is 11.7. The minimum Gasteiger partial charge on any atom is -0.315 e. The molecule has 0 bridgehead atoms. The van der Waals surface area contributed by atoms with E-state index in [4.69, 9.17) is 23.2 Å². The fourth-order valence-electron chi connectivity index (χ4n) is 1.92. The first-order valence-corrected chi connectivity index (χ1v) is 7.91. The molecule has 1 heterocycles. The van der Waals surface area contributed by atoms with Gasteiger partial charge in [0.2, 0.25) is 10.0 Å². The standard InChI is InChI=1S/C11H14Cl2N2O2S.ClH/c12-8-3-4-10(13)11(6-8)18(16,17)15-9-2-1-5-14-7-9;/h3-4,6,9,14-15H,1-2,5,7H2;1H. The Morgan fingerprint density at radius 3 is 2.68 bits per heavy atom. The van der Waals surface area contributed by atoms with E-state index in [2.05, 4.69) is 10.0 Å². The first kappa shape index (κ1) is 17.0. The van der Waals surface area contributed by atoms with Gasteiger partial charge in [-0.2, -0.15) is 0 Å². The van der Waals surface area contributed by atoms with Crippen LogP contribution in [0.1, 0.15) is 12.8 Å². The number of nitrogens with one attached hydrogen (secondary N) is 2. The third-order valence-electron chi connectivity index (χ3n) is 2.80. The average Bonchev–Trinajstić information content (AvgIpc) is 2.33. The number of sulfonamides is 1. The van der Waals surface area contributed by atoms with Gasteiger partial charge in [-0.15, -0.1) is 12.4 Å². The lowest BCUT2D eigenvalue weighted by Gasteiger charge is -2.23. The Morgan fingerprint density at radius 2 is 2.05 bits per heavy atom. The number of hydrogen-bond acceptors (Lipinski definition) is 3. The maximum Gasteiger partial charge on any atom is 0.242 e. The van der Waals surface area contributed by atoms with Crippen molar-refractivity contribution in [3.05, 3.63) is 28.2 Å². The van der Waals surface area contributed by atoms with Crippen LogP contribution in [0.3, 0.4) is 0 Å². The van der Waals surface area contributed by atoms with Gasteiger partial charge in [-0.3, -0.25) is 0 Å². The molecule has 1 aliphatic rings. The van der Waals surface area contributed by atoms with Gasteiger partial charge in [0.25, 0.3) is 0 Å². The minimum absolute atomic E-state index is 0. The van der Waals surface area contributed by atoms with Crippen LogP contribution >= 0.6 is 35.6 Å². The van der Waals surface area contributed by atoms with Crippen molar-refractivity contribution in [2.24, 2.45) is 0 Å². The van der Waals surface area contributed by atoms with Crippen LogP contribution in [0.2, 0.25) is 10.0 Å². The summed E-state index contributed by atoms with van der Waals surface area (Å²) in [4.78, 5) is 0.0299. The average molecular weight is 346 g/mol. The van der Waals surface area contributed by atoms with Crippen molar-refractivity contribution in [3.63, 3.8) is 0 Å². The van der Waals surface area contributed by atoms with E-state index in [1.807, 2.05) is 0 Å². The highest BCUT2D eigenvalue weighted by atomic mass is 35.5. The highest BCUT2D eigenvalue weighted by Crippen LogP contribution is 2.25. The molecule has 1 fully saturated rings. The Balaban J connectivity index is 0.00000180. The molecule has 0 spiro atoms. The Labute approximate surface area is 129 Å². The number of hydrogen-bond donors (Lipinski definition) is 2. The molecular weight excluding hydrogens is 331 g/mol. The summed E-state index contributed by atoms with van der Waals surface area (Å²) in [5.41, 5.74) is 0. The van der Waals surface area contributed by atoms with E-state index in [0.29, 0.717) is 11.6 Å². The molecular formula is C11H15Cl3N2O2S. The van der Waals surface area contributed by atoms with Crippen molar-refractivity contribution in [2.75, 3.05) is 13.1 Å². The largest absolute Gasteiger partial charge is 0.315 e. The lowest BCUT2D eigenvalue weighted by molar-refractivity contribution is 0.428. The van der Waals surface area contributed by atoms with E-state index < -0.39 is 10.0 Å². The van der Waals surface area contributed by atoms with Crippen LogP contribution in [0.15, 0.2) is 23.1 Å². The number of piperidine rings is 1. The van der Waals surface area contributed by atoms with Crippen LogP contribution in [-0.2, 0) is 10.0 Å². The normalized spacial score (nSPS) is 19.8. The monoisotopic (exact) mass is 344 g/mol. The molecule has 0 aliphatic carbocycles. The number of rotatable bonds is 3. The fourth-order valence-corrected chi connectivity index (χ4v) is 3.95. The minimum atomic E-state index is -3.62. The first-order chi connectivity index (χ1) is 8.49. The van der Waals surface area contributed by atoms with Gasteiger partial charge in [0.05, 0.1) is 5.02 Å². The summed E-state index contributed by atoms with van der Waals surface area (Å²) in [6.45, 7) is 1.56. The molecule has 19 heavy (non-hydrogen) atoms. The maximum absolute atomic E-state index is 12.2. The molecule has 108 valence electrons. The van der Waals surface area contributed by atoms with Crippen molar-refractivity contribution < 1.29 is 8.42 Å². The van der Waals surface area contributed by atoms with Crippen LogP contribution in [0.25, 0.3) is 0 Å². The topological polar surface area (TPSA) is 58.2 Å². The second-order valence-electron chi connectivity index (χ2n) is 4.24. The highest BCUT2D eigenvalue weighted by Gasteiger charge is 2.23. The first-order valence-electron chi connectivity index (χ1n) is 5.67. The van der Waals surface area contributed by atoms with Crippen molar-refractivity contribution in [1.29, 1.82) is 0 Å². The lowest BCUT2D eigenvalue weighted by Crippen LogP contribution is -2.45. The van der Waals surface area contributed by atoms with E-state index in [1.54, 1.807) is 6.07 Å². The maximum atomic E-state index is 12.2. The summed E-state index contributed by atoms with van der Waals surface area (Å²) in [6.07, 6.45) is 1.78. The molecule has 0 amide bonds. The zero-order chi connectivity index (χ0) is 13.2. The lowest BCUT2D eigenvalue weighted by atomic mass is 10.1. The molecule has 4 nitrogen and oxygen atoms in total. The van der Waals surface area contributed by atoms with Gasteiger partial charge < -0.3 is 5.32 Å². The third kappa shape index (κ3) is 4.48. The van der Waals surface area contributed by atoms with Crippen LogP contribution in [0.5, 0.6) is 0 Å². The summed E-state index contributed by atoms with van der Waals surface area (Å²) in [6, 6.07) is 4.31. The molecule has 1 unspecified atom stereocenters. The van der Waals surface area contributed by atoms with Gasteiger partial charge in [0, 0.05) is 17.6 Å². The molecule has 0 aromatic heterocycles. The van der Waals surface area contributed by atoms with Crippen LogP contribution in [0.4, 0.5) is 0 Å². The predicted octanol–water partition coefficient (Wildman–Crippen LogP) is 2.45. The van der Waals surface area contributed by atoms with Gasteiger partial charge in [-0.05, 0) is 37.6 Å². The Bertz CT molecular complexity index is 531. The number of benzene rings is 1. The Morgan fingerprint density at radius 1 is 1.32 bits per heavy atom. The summed E-state index contributed by atoms with van der Waals surface area (Å²) in [7, 11) is -3.62. The summed E-state index contributed by atoms with van der Waals surface area (Å²) in [5, 5.41) is 3.67. The van der Waals surface area contributed by atoms with E-state index in [1.165, 1.54) is 12.1 Å². The van der Waals surface area contributed by atoms with E-state index >= 15 is 0 Å². The molecule has 1 saturated heterocycles. The summed E-state index contributed by atoms with van der Waals surface area (Å²) in [5.74, 6) is 0. The van der Waals surface area contributed by atoms with Gasteiger partial charge in [-0.25, -0.2) is 13.1 Å². The van der Waals surface area contributed by atoms with Crippen LogP contribution < -0.4 is 10.0 Å². The van der Waals surface area contributed by atoms with Gasteiger partial charge in [-0.1, -0.05) is 23.2 Å². The van der Waals surface area contributed by atoms with E-state index in [-0.39, 0.29) is 28.4 Å². The smallest absolute Gasteiger partial charge is 0.242 e. The second-order valence-corrected chi connectivity index (χ2v) is 6.77. The Hall–Kier alpha value is -0.0400. The highest BCUT2D eigenvalue weighted by molar-refractivity contribution is 7.89. The molecule has 1 atom stereocenters. The predicted molar refractivity (Wildman–Crippen MR) is 79.9 cm³/mol. The zero-order valence-electron chi connectivity index (χ0n) is 10.0. The molecule has 0 radical (unpaired) electrons. The molecule has 1 aliphatic heterocycles. The van der Waals surface area contributed by atoms with E-state index in [0.717, 1.165) is 19.4 Å². The molecule has 2 rings (SSSR count). The van der Waals surface area contributed by atoms with Gasteiger partial charge in [0.1, 0.15) is 4.90 Å². The summed E-state index contributed by atoms with van der Waals surface area (Å²) < 4.78 is 27.0. The van der Waals surface area contributed by atoms with Crippen molar-refractivity contribution >= 4 is 45.6 Å². The molecule has 1 aromatic rings. The third-order valence-corrected chi connectivity index (χ3v) is 5.04. The van der Waals surface area contributed by atoms with Crippen molar-refractivity contribution in [1.82, 2.24) is 10.0 Å². The van der Waals surface area contributed by atoms with E-state index in [9.17, 15) is 8.42 Å². The molecule has 0 saturated carbocycles. The Kier molecular flexibility index (Phi) is 6.36. The van der Waals surface area contributed by atoms with Crippen LogP contribution in [0, 0.1) is 0 Å². The molecule has 2 N–H and O–H groups in total. The van der Waals surface area contributed by atoms with Gasteiger partial charge in [0.15, 0.2) is 0 Å². The SMILES string of the molecule is Cl.O=S(=O)(NC1CCCNC1)c1cc(Cl)ccc1Cl. The second kappa shape index (κ2) is 7.11. The quantitative estimate of drug-likeness (QED) is 0.884.